The summed E-state index contributed by atoms with van der Waals surface area (Å²) < 4.78 is 57.6. The van der Waals surface area contributed by atoms with E-state index in [4.69, 9.17) is 0 Å². The minimum Gasteiger partial charge on any atom is -0.320 e. The van der Waals surface area contributed by atoms with Crippen LogP contribution in [0.5, 0.6) is 0 Å². The molecule has 86 valence electrons. The van der Waals surface area contributed by atoms with Gasteiger partial charge in [-0.25, -0.2) is 8.42 Å². The van der Waals surface area contributed by atoms with E-state index < -0.39 is 15.5 Å². The van der Waals surface area contributed by atoms with Gasteiger partial charge in [-0.3, -0.25) is 0 Å². The number of nitrogens with zero attached hydrogens (tertiary/aromatic N) is 1. The van der Waals surface area contributed by atoms with Crippen molar-refractivity contribution in [2.75, 3.05) is 27.2 Å². The van der Waals surface area contributed by atoms with Crippen molar-refractivity contribution in [3.05, 3.63) is 0 Å². The fourth-order valence-electron chi connectivity index (χ4n) is 0.775. The smallest absolute Gasteiger partial charge is 0.320 e. The van der Waals surface area contributed by atoms with Gasteiger partial charge in [-0.15, -0.1) is 0 Å². The molecule has 8 heteroatoms. The van der Waals surface area contributed by atoms with Gasteiger partial charge in [0.2, 0.25) is 0 Å². The largest absolute Gasteiger partial charge is 0.511 e. The first-order chi connectivity index (χ1) is 6.23. The van der Waals surface area contributed by atoms with Crippen LogP contribution in [0.25, 0.3) is 0 Å². The molecule has 0 amide bonds. The molecule has 0 aliphatic carbocycles. The second kappa shape index (κ2) is 4.94. The van der Waals surface area contributed by atoms with Crippen molar-refractivity contribution in [3.8, 4) is 0 Å². The zero-order valence-electron chi connectivity index (χ0n) is 7.93. The van der Waals surface area contributed by atoms with E-state index >= 15 is 0 Å². The van der Waals surface area contributed by atoms with Gasteiger partial charge in [0.05, 0.1) is 0 Å². The van der Waals surface area contributed by atoms with Gasteiger partial charge in [-0.1, -0.05) is 0 Å². The molecule has 4 nitrogen and oxygen atoms in total. The maximum absolute atomic E-state index is 11.9. The molecule has 0 bridgehead atoms. The van der Waals surface area contributed by atoms with Crippen molar-refractivity contribution < 1.29 is 21.6 Å². The zero-order chi connectivity index (χ0) is 11.4. The highest BCUT2D eigenvalue weighted by Crippen LogP contribution is 2.25. The summed E-state index contributed by atoms with van der Waals surface area (Å²) in [6.45, 7) is 0.320. The van der Waals surface area contributed by atoms with E-state index in [0.717, 1.165) is 7.05 Å². The quantitative estimate of drug-likeness (QED) is 0.699. The van der Waals surface area contributed by atoms with E-state index in [-0.39, 0.29) is 6.54 Å². The molecule has 0 rings (SSSR count). The van der Waals surface area contributed by atoms with E-state index in [9.17, 15) is 21.6 Å². The molecule has 0 radical (unpaired) electrons. The molecule has 0 saturated carbocycles. The topological polar surface area (TPSA) is 49.4 Å². The lowest BCUT2D eigenvalue weighted by Crippen LogP contribution is -2.39. The Labute approximate surface area is 81.1 Å². The van der Waals surface area contributed by atoms with E-state index in [1.165, 1.54) is 0 Å². The van der Waals surface area contributed by atoms with Gasteiger partial charge in [0.15, 0.2) is 0 Å². The average Bonchev–Trinajstić information content (AvgIpc) is 2.02. The Morgan fingerprint density at radius 2 is 1.86 bits per heavy atom. The Morgan fingerprint density at radius 1 is 1.36 bits per heavy atom. The fraction of sp³-hybridized carbons (Fsp3) is 1.00. The van der Waals surface area contributed by atoms with Gasteiger partial charge < -0.3 is 5.32 Å². The highest BCUT2D eigenvalue weighted by Gasteiger charge is 2.48. The van der Waals surface area contributed by atoms with Crippen LogP contribution in [0.3, 0.4) is 0 Å². The van der Waals surface area contributed by atoms with Crippen molar-refractivity contribution in [2.24, 2.45) is 0 Å². The Kier molecular flexibility index (Phi) is 4.82. The lowest BCUT2D eigenvalue weighted by atomic mass is 10.4. The molecule has 14 heavy (non-hydrogen) atoms. The second-order valence-electron chi connectivity index (χ2n) is 2.73. The lowest BCUT2D eigenvalue weighted by molar-refractivity contribution is -0.0482. The lowest BCUT2D eigenvalue weighted by Gasteiger charge is -2.18. The van der Waals surface area contributed by atoms with Crippen molar-refractivity contribution in [2.45, 2.75) is 11.9 Å². The van der Waals surface area contributed by atoms with E-state index in [1.54, 1.807) is 7.05 Å². The maximum atomic E-state index is 11.9. The van der Waals surface area contributed by atoms with Crippen LogP contribution in [0.2, 0.25) is 0 Å². The third kappa shape index (κ3) is 3.43. The molecule has 1 N–H and O–H groups in total. The van der Waals surface area contributed by atoms with Crippen molar-refractivity contribution >= 4 is 10.0 Å². The zero-order valence-corrected chi connectivity index (χ0v) is 8.74. The first-order valence-electron chi connectivity index (χ1n) is 3.90. The van der Waals surface area contributed by atoms with E-state index in [1.807, 2.05) is 0 Å². The Balaban J connectivity index is 4.31. The van der Waals surface area contributed by atoms with Crippen LogP contribution >= 0.6 is 0 Å². The summed E-state index contributed by atoms with van der Waals surface area (Å²) >= 11 is 0. The van der Waals surface area contributed by atoms with Gasteiger partial charge in [0, 0.05) is 13.6 Å². The first-order valence-corrected chi connectivity index (χ1v) is 5.34. The van der Waals surface area contributed by atoms with Crippen LogP contribution in [-0.4, -0.2) is 45.4 Å². The number of nitrogens with one attached hydrogen (secondary N) is 1. The van der Waals surface area contributed by atoms with Crippen LogP contribution < -0.4 is 5.32 Å². The van der Waals surface area contributed by atoms with Crippen molar-refractivity contribution in [1.29, 1.82) is 0 Å². The molecule has 0 aromatic heterocycles. The summed E-state index contributed by atoms with van der Waals surface area (Å²) in [5.74, 6) is 0. The summed E-state index contributed by atoms with van der Waals surface area (Å²) in [5, 5.41) is 2.71. The van der Waals surface area contributed by atoms with Gasteiger partial charge in [-0.2, -0.15) is 17.5 Å². The third-order valence-electron chi connectivity index (χ3n) is 1.60. The molecule has 0 aliphatic rings. The molecule has 0 aromatic carbocycles. The molecule has 0 aromatic rings. The molecular formula is C6H13F3N2O2S. The molecule has 0 unspecified atom stereocenters. The van der Waals surface area contributed by atoms with Gasteiger partial charge in [0.1, 0.15) is 0 Å². The Bertz CT molecular complexity index is 263. The summed E-state index contributed by atoms with van der Waals surface area (Å²) in [4.78, 5) is 0. The van der Waals surface area contributed by atoms with Crippen LogP contribution in [0, 0.1) is 0 Å². The standard InChI is InChI=1S/C6H13F3N2O2S/c1-10-4-3-5-11(2)14(12,13)6(7,8)9/h10H,3-5H2,1-2H3. The number of hydrogen-bond acceptors (Lipinski definition) is 3. The maximum Gasteiger partial charge on any atom is 0.511 e. The number of halogens is 3. The number of rotatable bonds is 5. The van der Waals surface area contributed by atoms with Gasteiger partial charge in [0.25, 0.3) is 0 Å². The van der Waals surface area contributed by atoms with Crippen LogP contribution in [0.1, 0.15) is 6.42 Å². The Morgan fingerprint density at radius 3 is 2.21 bits per heavy atom. The van der Waals surface area contributed by atoms with Crippen molar-refractivity contribution in [3.63, 3.8) is 0 Å². The minimum atomic E-state index is -5.21. The molecule has 0 atom stereocenters. The summed E-state index contributed by atoms with van der Waals surface area (Å²) in [6, 6.07) is 0. The predicted octanol–water partition coefficient (Wildman–Crippen LogP) is 0.377. The molecule has 0 spiro atoms. The molecule has 0 saturated heterocycles. The summed E-state index contributed by atoms with van der Waals surface area (Å²) in [5.41, 5.74) is -5.21. The molecular weight excluding hydrogens is 221 g/mol. The summed E-state index contributed by atoms with van der Waals surface area (Å²) in [7, 11) is -2.60. The summed E-state index contributed by atoms with van der Waals surface area (Å²) in [6.07, 6.45) is 0.336. The highest BCUT2D eigenvalue weighted by molar-refractivity contribution is 7.89. The molecule has 0 fully saturated rings. The SMILES string of the molecule is CNCCCN(C)S(=O)(=O)C(F)(F)F. The van der Waals surface area contributed by atoms with Gasteiger partial charge in [-0.05, 0) is 20.0 Å². The van der Waals surface area contributed by atoms with Gasteiger partial charge >= 0.3 is 15.5 Å². The van der Waals surface area contributed by atoms with Crippen molar-refractivity contribution in [1.82, 2.24) is 9.62 Å². The highest BCUT2D eigenvalue weighted by atomic mass is 32.2. The number of sulfonamides is 1. The number of hydrogen-bond donors (Lipinski definition) is 1. The third-order valence-corrected chi connectivity index (χ3v) is 3.19. The van der Waals surface area contributed by atoms with Crippen LogP contribution in [-0.2, 0) is 10.0 Å². The monoisotopic (exact) mass is 234 g/mol. The number of alkyl halides is 3. The predicted molar refractivity (Wildman–Crippen MR) is 46.1 cm³/mol. The Hall–Kier alpha value is -0.340. The normalized spacial score (nSPS) is 13.6. The first kappa shape index (κ1) is 13.7. The second-order valence-corrected chi connectivity index (χ2v) is 4.77. The molecule has 0 aliphatic heterocycles. The van der Waals surface area contributed by atoms with E-state index in [0.29, 0.717) is 17.3 Å². The van der Waals surface area contributed by atoms with E-state index in [2.05, 4.69) is 5.32 Å². The fourth-order valence-corrected chi connectivity index (χ4v) is 1.50. The molecule has 0 heterocycles. The van der Waals surface area contributed by atoms with Crippen LogP contribution in [0.4, 0.5) is 13.2 Å². The van der Waals surface area contributed by atoms with Crippen LogP contribution in [0.15, 0.2) is 0 Å². The average molecular weight is 234 g/mol. The minimum absolute atomic E-state index is 0.150.